The molecule has 0 radical (unpaired) electrons. The zero-order valence-electron chi connectivity index (χ0n) is 13.8. The van der Waals surface area contributed by atoms with E-state index in [9.17, 15) is 4.79 Å². The smallest absolute Gasteiger partial charge is 0.317 e. The highest BCUT2D eigenvalue weighted by molar-refractivity contribution is 5.74. The van der Waals surface area contributed by atoms with Crippen LogP contribution in [0, 0.1) is 0 Å². The molecule has 0 spiro atoms. The number of methoxy groups -OCH3 is 1. The van der Waals surface area contributed by atoms with Crippen molar-refractivity contribution in [2.24, 2.45) is 0 Å². The van der Waals surface area contributed by atoms with E-state index in [4.69, 9.17) is 4.74 Å². The number of pyridine rings is 1. The van der Waals surface area contributed by atoms with Crippen molar-refractivity contribution in [3.8, 4) is 5.75 Å². The number of ether oxygens (including phenoxy) is 1. The van der Waals surface area contributed by atoms with Gasteiger partial charge < -0.3 is 19.9 Å². The molecule has 24 heavy (non-hydrogen) atoms. The molecule has 1 saturated heterocycles. The summed E-state index contributed by atoms with van der Waals surface area (Å²) in [7, 11) is 1.64. The highest BCUT2D eigenvalue weighted by atomic mass is 16.5. The van der Waals surface area contributed by atoms with Gasteiger partial charge in [-0.2, -0.15) is 0 Å². The van der Waals surface area contributed by atoms with Crippen LogP contribution in [0.5, 0.6) is 5.75 Å². The Balaban J connectivity index is 1.48. The predicted molar refractivity (Wildman–Crippen MR) is 93.3 cm³/mol. The quantitative estimate of drug-likeness (QED) is 0.935. The van der Waals surface area contributed by atoms with E-state index in [1.54, 1.807) is 13.3 Å². The number of hydrogen-bond acceptors (Lipinski definition) is 4. The predicted octanol–water partition coefficient (Wildman–Crippen LogP) is 2.12. The van der Waals surface area contributed by atoms with Gasteiger partial charge in [0.15, 0.2) is 0 Å². The zero-order chi connectivity index (χ0) is 16.8. The molecule has 1 aromatic carbocycles. The Bertz CT molecular complexity index is 670. The number of amides is 2. The monoisotopic (exact) mass is 326 g/mol. The largest absolute Gasteiger partial charge is 0.497 e. The van der Waals surface area contributed by atoms with E-state index in [0.29, 0.717) is 19.6 Å². The zero-order valence-corrected chi connectivity index (χ0v) is 13.8. The number of rotatable bonds is 4. The van der Waals surface area contributed by atoms with Crippen molar-refractivity contribution < 1.29 is 9.53 Å². The third-order valence-electron chi connectivity index (χ3n) is 4.12. The first-order valence-electron chi connectivity index (χ1n) is 8.08. The van der Waals surface area contributed by atoms with E-state index in [1.807, 2.05) is 47.4 Å². The number of hydrogen-bond donors (Lipinski definition) is 1. The molecule has 0 saturated carbocycles. The van der Waals surface area contributed by atoms with E-state index in [-0.39, 0.29) is 6.03 Å². The molecule has 0 unspecified atom stereocenters. The van der Waals surface area contributed by atoms with Gasteiger partial charge in [0.05, 0.1) is 7.11 Å². The summed E-state index contributed by atoms with van der Waals surface area (Å²) in [6.07, 6.45) is 1.79. The van der Waals surface area contributed by atoms with Gasteiger partial charge in [0.25, 0.3) is 0 Å². The van der Waals surface area contributed by atoms with Gasteiger partial charge in [-0.3, -0.25) is 0 Å². The maximum atomic E-state index is 12.3. The topological polar surface area (TPSA) is 57.7 Å². The van der Waals surface area contributed by atoms with E-state index in [1.165, 1.54) is 0 Å². The fraction of sp³-hybridized carbons (Fsp3) is 0.333. The number of aromatic nitrogens is 1. The van der Waals surface area contributed by atoms with Crippen LogP contribution in [0.1, 0.15) is 5.56 Å². The molecule has 1 fully saturated rings. The van der Waals surface area contributed by atoms with E-state index >= 15 is 0 Å². The molecule has 126 valence electrons. The highest BCUT2D eigenvalue weighted by Crippen LogP contribution is 2.14. The van der Waals surface area contributed by atoms with Gasteiger partial charge in [-0.1, -0.05) is 18.2 Å². The van der Waals surface area contributed by atoms with Gasteiger partial charge in [0.2, 0.25) is 0 Å². The molecule has 1 aromatic heterocycles. The SMILES string of the molecule is COc1cccc(CNC(=O)N2CCN(c3ccccn3)CC2)c1. The first-order valence-corrected chi connectivity index (χ1v) is 8.08. The summed E-state index contributed by atoms with van der Waals surface area (Å²) in [5.41, 5.74) is 1.02. The number of urea groups is 1. The number of benzene rings is 1. The Morgan fingerprint density at radius 3 is 2.71 bits per heavy atom. The third kappa shape index (κ3) is 3.95. The molecule has 1 aliphatic heterocycles. The maximum absolute atomic E-state index is 12.3. The van der Waals surface area contributed by atoms with Gasteiger partial charge in [0, 0.05) is 38.9 Å². The van der Waals surface area contributed by atoms with Gasteiger partial charge in [-0.25, -0.2) is 9.78 Å². The molecule has 2 amide bonds. The Hall–Kier alpha value is -2.76. The van der Waals surface area contributed by atoms with Crippen LogP contribution >= 0.6 is 0 Å². The van der Waals surface area contributed by atoms with E-state index < -0.39 is 0 Å². The third-order valence-corrected chi connectivity index (χ3v) is 4.12. The second-order valence-corrected chi connectivity index (χ2v) is 5.67. The summed E-state index contributed by atoms with van der Waals surface area (Å²) in [5.74, 6) is 1.76. The molecule has 1 N–H and O–H groups in total. The van der Waals surface area contributed by atoms with Crippen LogP contribution in [-0.2, 0) is 6.54 Å². The molecule has 0 atom stereocenters. The second kappa shape index (κ2) is 7.68. The number of nitrogens with zero attached hydrogens (tertiary/aromatic N) is 3. The van der Waals surface area contributed by atoms with Crippen molar-refractivity contribution in [3.05, 3.63) is 54.2 Å². The summed E-state index contributed by atoms with van der Waals surface area (Å²) in [6, 6.07) is 13.6. The first-order chi connectivity index (χ1) is 11.8. The molecule has 2 heterocycles. The lowest BCUT2D eigenvalue weighted by molar-refractivity contribution is 0.194. The van der Waals surface area contributed by atoms with Crippen LogP contribution in [0.15, 0.2) is 48.7 Å². The van der Waals surface area contributed by atoms with Gasteiger partial charge >= 0.3 is 6.03 Å². The first kappa shape index (κ1) is 16.1. The summed E-state index contributed by atoms with van der Waals surface area (Å²) in [5, 5.41) is 2.97. The van der Waals surface area contributed by atoms with Gasteiger partial charge in [-0.15, -0.1) is 0 Å². The lowest BCUT2D eigenvalue weighted by Gasteiger charge is -2.35. The van der Waals surface area contributed by atoms with Crippen LogP contribution in [0.3, 0.4) is 0 Å². The van der Waals surface area contributed by atoms with E-state index in [0.717, 1.165) is 30.2 Å². The van der Waals surface area contributed by atoms with E-state index in [2.05, 4.69) is 15.2 Å². The fourth-order valence-electron chi connectivity index (χ4n) is 2.75. The van der Waals surface area contributed by atoms with Crippen molar-refractivity contribution in [1.82, 2.24) is 15.2 Å². The Kier molecular flexibility index (Phi) is 5.15. The molecule has 2 aromatic rings. The summed E-state index contributed by atoms with van der Waals surface area (Å²) in [4.78, 5) is 20.7. The minimum Gasteiger partial charge on any atom is -0.497 e. The van der Waals surface area contributed by atoms with Crippen molar-refractivity contribution >= 4 is 11.8 Å². The maximum Gasteiger partial charge on any atom is 0.317 e. The molecule has 0 bridgehead atoms. The van der Waals surface area contributed by atoms with Crippen molar-refractivity contribution in [1.29, 1.82) is 0 Å². The fourth-order valence-corrected chi connectivity index (χ4v) is 2.75. The average Bonchev–Trinajstić information content (AvgIpc) is 2.67. The Morgan fingerprint density at radius 1 is 1.17 bits per heavy atom. The Labute approximate surface area is 142 Å². The van der Waals surface area contributed by atoms with Gasteiger partial charge in [0.1, 0.15) is 11.6 Å². The standard InChI is InChI=1S/C18H22N4O2/c1-24-16-6-4-5-15(13-16)14-20-18(23)22-11-9-21(10-12-22)17-7-2-3-8-19-17/h2-8,13H,9-12,14H2,1H3,(H,20,23). The van der Waals surface area contributed by atoms with Crippen LogP contribution in [0.25, 0.3) is 0 Å². The van der Waals surface area contributed by atoms with Crippen molar-refractivity contribution in [2.45, 2.75) is 6.54 Å². The van der Waals surface area contributed by atoms with Crippen LogP contribution < -0.4 is 15.0 Å². The minimum absolute atomic E-state index is 0.0292. The molecular weight excluding hydrogens is 304 g/mol. The summed E-state index contributed by atoms with van der Waals surface area (Å²) in [6.45, 7) is 3.48. The lowest BCUT2D eigenvalue weighted by atomic mass is 10.2. The molecule has 6 heteroatoms. The number of piperazine rings is 1. The van der Waals surface area contributed by atoms with Gasteiger partial charge in [-0.05, 0) is 29.8 Å². The molecule has 3 rings (SSSR count). The molecular formula is C18H22N4O2. The number of carbonyl (C=O) groups excluding carboxylic acids is 1. The van der Waals surface area contributed by atoms with Crippen LogP contribution in [0.2, 0.25) is 0 Å². The lowest BCUT2D eigenvalue weighted by Crippen LogP contribution is -2.51. The van der Waals surface area contributed by atoms with Crippen molar-refractivity contribution in [3.63, 3.8) is 0 Å². The average molecular weight is 326 g/mol. The molecule has 0 aliphatic carbocycles. The van der Waals surface area contributed by atoms with Crippen LogP contribution in [-0.4, -0.2) is 49.2 Å². The number of anilines is 1. The number of nitrogens with one attached hydrogen (secondary N) is 1. The normalized spacial score (nSPS) is 14.4. The highest BCUT2D eigenvalue weighted by Gasteiger charge is 2.21. The Morgan fingerprint density at radius 2 is 2.00 bits per heavy atom. The molecule has 1 aliphatic rings. The summed E-state index contributed by atoms with van der Waals surface area (Å²) < 4.78 is 5.20. The van der Waals surface area contributed by atoms with Crippen LogP contribution in [0.4, 0.5) is 10.6 Å². The molecule has 6 nitrogen and oxygen atoms in total. The summed E-state index contributed by atoms with van der Waals surface area (Å²) >= 11 is 0. The minimum atomic E-state index is -0.0292. The second-order valence-electron chi connectivity index (χ2n) is 5.67. The van der Waals surface area contributed by atoms with Crippen molar-refractivity contribution in [2.75, 3.05) is 38.2 Å². The number of carbonyl (C=O) groups is 1.